The molecule has 0 unspecified atom stereocenters. The number of imidazole rings is 1. The number of H-pyrrole nitrogens is 1. The van der Waals surface area contributed by atoms with Crippen molar-refractivity contribution >= 4 is 28.9 Å². The monoisotopic (exact) mass is 512 g/mol. The summed E-state index contributed by atoms with van der Waals surface area (Å²) in [5.41, 5.74) is 5.85. The van der Waals surface area contributed by atoms with Crippen LogP contribution in [0.3, 0.4) is 0 Å². The van der Waals surface area contributed by atoms with Crippen LogP contribution < -0.4 is 5.73 Å². The molecule has 10 nitrogen and oxygen atoms in total. The fourth-order valence-corrected chi connectivity index (χ4v) is 4.97. The van der Waals surface area contributed by atoms with E-state index in [-0.39, 0.29) is 34.3 Å². The Morgan fingerprint density at radius 2 is 2.11 bits per heavy atom. The van der Waals surface area contributed by atoms with E-state index in [2.05, 4.69) is 30.5 Å². The van der Waals surface area contributed by atoms with E-state index in [0.29, 0.717) is 30.5 Å². The van der Waals surface area contributed by atoms with Crippen molar-refractivity contribution in [3.63, 3.8) is 0 Å². The summed E-state index contributed by atoms with van der Waals surface area (Å²) in [5, 5.41) is 10.9. The van der Waals surface area contributed by atoms with Crippen molar-refractivity contribution in [1.29, 1.82) is 0 Å². The highest BCUT2D eigenvalue weighted by Crippen LogP contribution is 2.44. The van der Waals surface area contributed by atoms with Crippen molar-refractivity contribution in [2.45, 2.75) is 31.3 Å². The zero-order chi connectivity index (χ0) is 27.6. The zero-order valence-corrected chi connectivity index (χ0v) is 19.1. The third kappa shape index (κ3) is 3.61. The number of fused-ring (bicyclic) bond motifs is 1. The van der Waals surface area contributed by atoms with Crippen LogP contribution in [0.2, 0.25) is 5.02 Å². The van der Waals surface area contributed by atoms with Gasteiger partial charge in [-0.15, -0.1) is 5.10 Å². The summed E-state index contributed by atoms with van der Waals surface area (Å²) in [6, 6.07) is 1.07. The van der Waals surface area contributed by atoms with Crippen molar-refractivity contribution in [2.24, 2.45) is 0 Å². The second-order valence-corrected chi connectivity index (χ2v) is 8.80. The van der Waals surface area contributed by atoms with Crippen LogP contribution in [0.25, 0.3) is 22.5 Å². The number of carbonyl (C=O) groups excluding carboxylic acids is 1. The van der Waals surface area contributed by atoms with Gasteiger partial charge in [0.1, 0.15) is 18.0 Å². The van der Waals surface area contributed by atoms with Gasteiger partial charge in [-0.25, -0.2) is 14.4 Å². The third-order valence-corrected chi connectivity index (χ3v) is 6.64. The molecule has 1 aromatic carbocycles. The van der Waals surface area contributed by atoms with Crippen LogP contribution in [0.5, 0.6) is 0 Å². The molecule has 1 amide bonds. The fraction of sp³-hybridized carbons (Fsp3) is 0.217. The average Bonchev–Trinajstić information content (AvgIpc) is 3.65. The van der Waals surface area contributed by atoms with Gasteiger partial charge in [-0.3, -0.25) is 4.79 Å². The predicted molar refractivity (Wildman–Crippen MR) is 126 cm³/mol. The number of hydrogen-bond donors (Lipinski definition) is 2. The summed E-state index contributed by atoms with van der Waals surface area (Å²) in [4.78, 5) is 25.5. The minimum Gasteiger partial charge on any atom is -0.384 e. The lowest BCUT2D eigenvalue weighted by molar-refractivity contribution is -0.129. The molecule has 4 aromatic rings. The lowest BCUT2D eigenvalue weighted by atomic mass is 9.92. The van der Waals surface area contributed by atoms with E-state index >= 15 is 4.39 Å². The van der Waals surface area contributed by atoms with Crippen molar-refractivity contribution in [1.82, 2.24) is 40.1 Å². The first-order chi connectivity index (χ1) is 18.7. The van der Waals surface area contributed by atoms with Crippen LogP contribution in [0.15, 0.2) is 42.8 Å². The number of nitrogen functional groups attached to an aromatic ring is 1. The lowest BCUT2D eigenvalue weighted by Crippen LogP contribution is -2.39. The summed E-state index contributed by atoms with van der Waals surface area (Å²) < 4.78 is 55.4. The molecule has 5 heterocycles. The molecule has 1 saturated heterocycles. The van der Waals surface area contributed by atoms with Crippen molar-refractivity contribution < 1.29 is 17.7 Å². The van der Waals surface area contributed by atoms with Gasteiger partial charge in [-0.1, -0.05) is 11.6 Å². The van der Waals surface area contributed by atoms with Crippen molar-refractivity contribution in [3.05, 3.63) is 71.0 Å². The normalized spacial score (nSPS) is 20.6. The van der Waals surface area contributed by atoms with E-state index in [0.717, 1.165) is 0 Å². The standard InChI is InChI=1S/C23H18ClF2N9O/c24-14-3-5-16(34-10-29-32-33-34)20(21(14)25)11-7-12-1-4-17(35(12)19(36)8-11)23-28-9-15(30-23)13-2-6-18(27)31-22(13)26/h2-3,5-6,8-10,12,17H,1,4,7H2,(H2,27,31)(H,28,30)/t12-,17+/m1/s1/i2D,6D,9D. The van der Waals surface area contributed by atoms with E-state index in [1.54, 1.807) is 11.0 Å². The number of carbonyl (C=O) groups is 1. The minimum atomic E-state index is -1.11. The van der Waals surface area contributed by atoms with E-state index in [9.17, 15) is 9.18 Å². The number of nitrogens with zero attached hydrogens (tertiary/aromatic N) is 7. The Kier molecular flexibility index (Phi) is 4.49. The molecular formula is C23H18ClF2N9O. The largest absolute Gasteiger partial charge is 0.384 e. The Bertz CT molecular complexity index is 1680. The molecule has 0 radical (unpaired) electrons. The van der Waals surface area contributed by atoms with Gasteiger partial charge < -0.3 is 15.6 Å². The Hall–Kier alpha value is -4.19. The van der Waals surface area contributed by atoms with Crippen LogP contribution in [-0.4, -0.2) is 52.0 Å². The van der Waals surface area contributed by atoms with Gasteiger partial charge in [0.05, 0.1) is 38.3 Å². The zero-order valence-electron chi connectivity index (χ0n) is 21.3. The highest BCUT2D eigenvalue weighted by atomic mass is 35.5. The summed E-state index contributed by atoms with van der Waals surface area (Å²) >= 11 is 6.07. The molecule has 0 saturated carbocycles. The minimum absolute atomic E-state index is 0.109. The first-order valence-electron chi connectivity index (χ1n) is 12.4. The molecule has 3 aromatic heterocycles. The van der Waals surface area contributed by atoms with Crippen LogP contribution >= 0.6 is 11.6 Å². The molecule has 2 atom stereocenters. The molecule has 0 bridgehead atoms. The first-order valence-corrected chi connectivity index (χ1v) is 11.3. The molecule has 36 heavy (non-hydrogen) atoms. The maximum absolute atomic E-state index is 15.3. The quantitative estimate of drug-likeness (QED) is 0.400. The van der Waals surface area contributed by atoms with Gasteiger partial charge in [0.15, 0.2) is 5.82 Å². The first kappa shape index (κ1) is 19.1. The molecule has 13 heteroatoms. The number of aromatic nitrogens is 7. The SMILES string of the molecule is [2H]c1nc([C@@H]2CC[C@@H]3CC(c4c(-n5cnnn5)ccc(Cl)c4F)=CC(=O)N32)[nH]c1-c1c(F)nc(N)c([2H])c1[2H]. The highest BCUT2D eigenvalue weighted by Gasteiger charge is 2.42. The molecular weight excluding hydrogens is 492 g/mol. The molecule has 2 aliphatic heterocycles. The van der Waals surface area contributed by atoms with Gasteiger partial charge in [0.25, 0.3) is 0 Å². The number of pyridine rings is 1. The molecule has 6 rings (SSSR count). The maximum atomic E-state index is 15.3. The fourth-order valence-electron chi connectivity index (χ4n) is 4.81. The lowest BCUT2D eigenvalue weighted by Gasteiger charge is -2.33. The van der Waals surface area contributed by atoms with Crippen LogP contribution in [-0.2, 0) is 4.79 Å². The van der Waals surface area contributed by atoms with Crippen LogP contribution in [0.1, 0.15) is 40.8 Å². The number of hydrogen-bond acceptors (Lipinski definition) is 7. The predicted octanol–water partition coefficient (Wildman–Crippen LogP) is 3.48. The summed E-state index contributed by atoms with van der Waals surface area (Å²) in [7, 11) is 0. The van der Waals surface area contributed by atoms with Gasteiger partial charge in [-0.05, 0) is 59.5 Å². The maximum Gasteiger partial charge on any atom is 0.247 e. The van der Waals surface area contributed by atoms with Crippen LogP contribution in [0.4, 0.5) is 14.6 Å². The van der Waals surface area contributed by atoms with Gasteiger partial charge in [-0.2, -0.15) is 9.07 Å². The van der Waals surface area contributed by atoms with E-state index < -0.39 is 47.2 Å². The number of amides is 1. The van der Waals surface area contributed by atoms with Gasteiger partial charge >= 0.3 is 0 Å². The second kappa shape index (κ2) is 8.48. The number of halogens is 3. The topological polar surface area (TPSA) is 132 Å². The van der Waals surface area contributed by atoms with E-state index in [1.807, 2.05) is 0 Å². The molecule has 0 spiro atoms. The number of benzene rings is 1. The number of nitrogens with one attached hydrogen (secondary N) is 1. The van der Waals surface area contributed by atoms with E-state index in [1.165, 1.54) is 23.2 Å². The third-order valence-electron chi connectivity index (χ3n) is 6.35. The Morgan fingerprint density at radius 1 is 1.25 bits per heavy atom. The highest BCUT2D eigenvalue weighted by molar-refractivity contribution is 6.31. The molecule has 0 aliphatic carbocycles. The Labute approximate surface area is 212 Å². The molecule has 1 fully saturated rings. The van der Waals surface area contributed by atoms with Gasteiger partial charge in [0.2, 0.25) is 11.9 Å². The second-order valence-electron chi connectivity index (χ2n) is 8.40. The summed E-state index contributed by atoms with van der Waals surface area (Å²) in [6.07, 6.45) is 3.62. The summed E-state index contributed by atoms with van der Waals surface area (Å²) in [5.74, 6) is -2.41. The number of anilines is 1. The average molecular weight is 513 g/mol. The Morgan fingerprint density at radius 3 is 2.92 bits per heavy atom. The number of aromatic amines is 1. The smallest absolute Gasteiger partial charge is 0.247 e. The van der Waals surface area contributed by atoms with Crippen molar-refractivity contribution in [3.8, 4) is 16.9 Å². The van der Waals surface area contributed by atoms with Gasteiger partial charge in [0, 0.05) is 17.7 Å². The van der Waals surface area contributed by atoms with Crippen LogP contribution in [0, 0.1) is 11.8 Å². The summed E-state index contributed by atoms with van der Waals surface area (Å²) in [6.45, 7) is 0. The Balaban J connectivity index is 1.36. The van der Waals surface area contributed by atoms with E-state index in [4.69, 9.17) is 21.4 Å². The van der Waals surface area contributed by atoms with Crippen molar-refractivity contribution in [2.75, 3.05) is 5.73 Å². The molecule has 3 N–H and O–H groups in total. The number of rotatable bonds is 4. The number of nitrogens with two attached hydrogens (primary N) is 1. The molecule has 182 valence electrons. The number of tetrazole rings is 1. The molecule has 2 aliphatic rings.